The van der Waals surface area contributed by atoms with Crippen molar-refractivity contribution < 1.29 is 0 Å². The van der Waals surface area contributed by atoms with Crippen LogP contribution in [0.2, 0.25) is 0 Å². The van der Waals surface area contributed by atoms with Crippen molar-refractivity contribution in [2.75, 3.05) is 0 Å². The number of hydrogen-bond donors (Lipinski definition) is 0. The Morgan fingerprint density at radius 2 is 0.824 bits per heavy atom. The summed E-state index contributed by atoms with van der Waals surface area (Å²) in [6, 6.07) is 68.3. The predicted octanol–water partition coefficient (Wildman–Crippen LogP) is 13.6. The van der Waals surface area contributed by atoms with E-state index in [1.165, 1.54) is 82.7 Å². The van der Waals surface area contributed by atoms with E-state index in [-0.39, 0.29) is 0 Å². The summed E-state index contributed by atoms with van der Waals surface area (Å²) in [6.45, 7) is 0. The number of para-hydroxylation sites is 4. The van der Waals surface area contributed by atoms with E-state index in [1.54, 1.807) is 0 Å². The molecule has 0 aliphatic carbocycles. The first kappa shape index (κ1) is 29.7. The molecule has 0 spiro atoms. The summed E-state index contributed by atoms with van der Waals surface area (Å²) in [5.41, 5.74) is 14.3. The average Bonchev–Trinajstić information content (AvgIpc) is 3.71. The highest BCUT2D eigenvalue weighted by molar-refractivity contribution is 9.10. The SMILES string of the molecule is Brc1ccc(-c2cc(-c3ccc4c(c3)c3ccccc3n4-c3ccccc3)cc(-c3cccc4c3c3ccccc3n4-c3ccccc3)c2)cc1. The standard InChI is InChI=1S/C48H31BrN2/c49-37-25-22-32(23-26-37)34-28-35(33-24-27-46-43(31-33)41-16-7-9-19-44(41)50(46)38-12-3-1-4-13-38)30-36(29-34)40-18-11-21-47-48(40)42-17-8-10-20-45(42)51(47)39-14-5-2-6-15-39/h1-31H. The smallest absolute Gasteiger partial charge is 0.0547 e. The lowest BCUT2D eigenvalue weighted by atomic mass is 9.91. The number of aromatic nitrogens is 2. The molecule has 3 heteroatoms. The molecule has 51 heavy (non-hydrogen) atoms. The van der Waals surface area contributed by atoms with Crippen molar-refractivity contribution in [2.45, 2.75) is 0 Å². The molecule has 8 aromatic carbocycles. The van der Waals surface area contributed by atoms with Gasteiger partial charge in [-0.25, -0.2) is 0 Å². The van der Waals surface area contributed by atoms with E-state index in [0.717, 1.165) is 10.2 Å². The van der Waals surface area contributed by atoms with Crippen LogP contribution < -0.4 is 0 Å². The maximum Gasteiger partial charge on any atom is 0.0547 e. The molecular formula is C48H31BrN2. The normalized spacial score (nSPS) is 11.6. The Morgan fingerprint density at radius 1 is 0.314 bits per heavy atom. The summed E-state index contributed by atoms with van der Waals surface area (Å²) in [5.74, 6) is 0. The van der Waals surface area contributed by atoms with E-state index in [9.17, 15) is 0 Å². The Hall–Kier alpha value is -6.16. The summed E-state index contributed by atoms with van der Waals surface area (Å²) >= 11 is 3.65. The largest absolute Gasteiger partial charge is 0.309 e. The van der Waals surface area contributed by atoms with Crippen LogP contribution in [0, 0.1) is 0 Å². The average molecular weight is 716 g/mol. The van der Waals surface area contributed by atoms with Gasteiger partial charge >= 0.3 is 0 Å². The van der Waals surface area contributed by atoms with Crippen molar-refractivity contribution in [2.24, 2.45) is 0 Å². The maximum atomic E-state index is 3.65. The quantitative estimate of drug-likeness (QED) is 0.168. The number of nitrogens with zero attached hydrogens (tertiary/aromatic N) is 2. The molecule has 0 fully saturated rings. The van der Waals surface area contributed by atoms with Gasteiger partial charge in [-0.2, -0.15) is 0 Å². The molecule has 10 rings (SSSR count). The van der Waals surface area contributed by atoms with Gasteiger partial charge in [0.05, 0.1) is 22.1 Å². The van der Waals surface area contributed by atoms with Gasteiger partial charge in [-0.3, -0.25) is 0 Å². The van der Waals surface area contributed by atoms with Crippen molar-refractivity contribution in [3.8, 4) is 44.8 Å². The van der Waals surface area contributed by atoms with Crippen molar-refractivity contribution in [3.05, 3.63) is 193 Å². The molecule has 10 aromatic rings. The number of halogens is 1. The fourth-order valence-corrected chi connectivity index (χ4v) is 8.15. The van der Waals surface area contributed by atoms with Gasteiger partial charge in [0.25, 0.3) is 0 Å². The summed E-state index contributed by atoms with van der Waals surface area (Å²) < 4.78 is 5.84. The second kappa shape index (κ2) is 12.0. The number of rotatable bonds is 5. The number of benzene rings is 8. The minimum absolute atomic E-state index is 1.07. The van der Waals surface area contributed by atoms with Crippen LogP contribution in [-0.4, -0.2) is 9.13 Å². The molecule has 2 heterocycles. The Morgan fingerprint density at radius 3 is 1.53 bits per heavy atom. The summed E-state index contributed by atoms with van der Waals surface area (Å²) in [5, 5.41) is 5.01. The Kier molecular flexibility index (Phi) is 7.00. The third kappa shape index (κ3) is 4.92. The lowest BCUT2D eigenvalue weighted by Crippen LogP contribution is -1.93. The summed E-state index contributed by atoms with van der Waals surface area (Å²) in [4.78, 5) is 0. The molecule has 0 saturated heterocycles. The highest BCUT2D eigenvalue weighted by Crippen LogP contribution is 2.42. The van der Waals surface area contributed by atoms with Crippen molar-refractivity contribution in [1.29, 1.82) is 0 Å². The first-order chi connectivity index (χ1) is 25.2. The van der Waals surface area contributed by atoms with Crippen LogP contribution in [0.5, 0.6) is 0 Å². The zero-order valence-corrected chi connectivity index (χ0v) is 29.3. The minimum atomic E-state index is 1.07. The molecule has 0 aliphatic rings. The van der Waals surface area contributed by atoms with Gasteiger partial charge < -0.3 is 9.13 Å². The molecule has 0 saturated carbocycles. The molecule has 2 aromatic heterocycles. The molecule has 0 bridgehead atoms. The van der Waals surface area contributed by atoms with Crippen LogP contribution >= 0.6 is 15.9 Å². The first-order valence-corrected chi connectivity index (χ1v) is 18.1. The molecule has 0 atom stereocenters. The third-order valence-electron chi connectivity index (χ3n) is 10.2. The molecule has 0 amide bonds. The third-order valence-corrected chi connectivity index (χ3v) is 10.7. The van der Waals surface area contributed by atoms with Crippen molar-refractivity contribution >= 4 is 59.5 Å². The van der Waals surface area contributed by atoms with Crippen LogP contribution in [0.15, 0.2) is 193 Å². The summed E-state index contributed by atoms with van der Waals surface area (Å²) in [6.07, 6.45) is 0. The molecule has 0 unspecified atom stereocenters. The lowest BCUT2D eigenvalue weighted by Gasteiger charge is -2.14. The Labute approximate surface area is 304 Å². The van der Waals surface area contributed by atoms with Crippen LogP contribution in [-0.2, 0) is 0 Å². The van der Waals surface area contributed by atoms with Crippen molar-refractivity contribution in [1.82, 2.24) is 9.13 Å². The molecule has 0 radical (unpaired) electrons. The predicted molar refractivity (Wildman–Crippen MR) is 219 cm³/mol. The van der Waals surface area contributed by atoms with Gasteiger partial charge in [-0.05, 0) is 118 Å². The van der Waals surface area contributed by atoms with Gasteiger partial charge in [0, 0.05) is 37.4 Å². The van der Waals surface area contributed by atoms with Gasteiger partial charge in [0.2, 0.25) is 0 Å². The van der Waals surface area contributed by atoms with Gasteiger partial charge in [-0.1, -0.05) is 119 Å². The highest BCUT2D eigenvalue weighted by atomic mass is 79.9. The van der Waals surface area contributed by atoms with E-state index < -0.39 is 0 Å². The number of hydrogen-bond acceptors (Lipinski definition) is 0. The van der Waals surface area contributed by atoms with Gasteiger partial charge in [0.15, 0.2) is 0 Å². The van der Waals surface area contributed by atoms with E-state index in [2.05, 4.69) is 213 Å². The van der Waals surface area contributed by atoms with Crippen LogP contribution in [0.25, 0.3) is 88.4 Å². The molecule has 2 nitrogen and oxygen atoms in total. The Balaban J connectivity index is 1.23. The highest BCUT2D eigenvalue weighted by Gasteiger charge is 2.18. The Bertz CT molecular complexity index is 2900. The van der Waals surface area contributed by atoms with E-state index >= 15 is 0 Å². The topological polar surface area (TPSA) is 9.86 Å². The molecule has 0 aliphatic heterocycles. The van der Waals surface area contributed by atoms with E-state index in [4.69, 9.17) is 0 Å². The van der Waals surface area contributed by atoms with Gasteiger partial charge in [0.1, 0.15) is 0 Å². The molecular weight excluding hydrogens is 684 g/mol. The lowest BCUT2D eigenvalue weighted by molar-refractivity contribution is 1.18. The second-order valence-corrected chi connectivity index (χ2v) is 14.0. The molecule has 240 valence electrons. The summed E-state index contributed by atoms with van der Waals surface area (Å²) in [7, 11) is 0. The van der Waals surface area contributed by atoms with Crippen molar-refractivity contribution in [3.63, 3.8) is 0 Å². The molecule has 0 N–H and O–H groups in total. The number of fused-ring (bicyclic) bond motifs is 6. The van der Waals surface area contributed by atoms with E-state index in [1.807, 2.05) is 0 Å². The fourth-order valence-electron chi connectivity index (χ4n) is 7.88. The minimum Gasteiger partial charge on any atom is -0.309 e. The van der Waals surface area contributed by atoms with Crippen LogP contribution in [0.4, 0.5) is 0 Å². The maximum absolute atomic E-state index is 3.65. The van der Waals surface area contributed by atoms with E-state index in [0.29, 0.717) is 0 Å². The fraction of sp³-hybridized carbons (Fsp3) is 0. The first-order valence-electron chi connectivity index (χ1n) is 17.3. The zero-order valence-electron chi connectivity index (χ0n) is 27.7. The van der Waals surface area contributed by atoms with Crippen LogP contribution in [0.1, 0.15) is 0 Å². The van der Waals surface area contributed by atoms with Crippen LogP contribution in [0.3, 0.4) is 0 Å². The monoisotopic (exact) mass is 714 g/mol. The van der Waals surface area contributed by atoms with Gasteiger partial charge in [-0.15, -0.1) is 0 Å². The zero-order chi connectivity index (χ0) is 33.9. The second-order valence-electron chi connectivity index (χ2n) is 13.1.